The molecule has 0 radical (unpaired) electrons. The lowest BCUT2D eigenvalue weighted by Gasteiger charge is -2.08. The summed E-state index contributed by atoms with van der Waals surface area (Å²) in [7, 11) is 1.51. The summed E-state index contributed by atoms with van der Waals surface area (Å²) in [5.74, 6) is 0.0353. The number of nitrogens with two attached hydrogens (primary N) is 1. The van der Waals surface area contributed by atoms with Crippen molar-refractivity contribution < 1.29 is 19.4 Å². The molecule has 0 amide bonds. The Morgan fingerprint density at radius 2 is 2.25 bits per heavy atom. The monoisotopic (exact) mass is 225 g/mol. The molecule has 0 unspecified atom stereocenters. The van der Waals surface area contributed by atoms with Gasteiger partial charge in [-0.3, -0.25) is 0 Å². The van der Waals surface area contributed by atoms with Crippen LogP contribution in [-0.2, 0) is 4.74 Å². The van der Waals surface area contributed by atoms with E-state index in [4.69, 9.17) is 20.3 Å². The van der Waals surface area contributed by atoms with Crippen LogP contribution in [0.15, 0.2) is 18.2 Å². The van der Waals surface area contributed by atoms with E-state index in [-0.39, 0.29) is 18.8 Å². The Kier molecular flexibility index (Phi) is 4.60. The number of anilines is 1. The van der Waals surface area contributed by atoms with Crippen LogP contribution in [0.2, 0.25) is 0 Å². The number of carbonyl (C=O) groups excluding carboxylic acids is 1. The molecule has 0 aliphatic carbocycles. The molecule has 0 aliphatic heterocycles. The third-order valence-electron chi connectivity index (χ3n) is 2.02. The number of aliphatic hydroxyl groups is 1. The van der Waals surface area contributed by atoms with Gasteiger partial charge in [0.05, 0.1) is 19.3 Å². The average molecular weight is 225 g/mol. The Balaban J connectivity index is 2.73. The van der Waals surface area contributed by atoms with Crippen molar-refractivity contribution in [2.75, 3.05) is 26.1 Å². The molecule has 0 saturated heterocycles. The molecule has 0 heterocycles. The van der Waals surface area contributed by atoms with E-state index >= 15 is 0 Å². The van der Waals surface area contributed by atoms with Gasteiger partial charge in [0.2, 0.25) is 0 Å². The van der Waals surface area contributed by atoms with Crippen molar-refractivity contribution >= 4 is 11.7 Å². The fourth-order valence-electron chi connectivity index (χ4n) is 1.15. The number of methoxy groups -OCH3 is 1. The maximum atomic E-state index is 11.6. The highest BCUT2D eigenvalue weighted by Gasteiger charge is 2.12. The second-order valence-corrected chi connectivity index (χ2v) is 3.17. The van der Waals surface area contributed by atoms with Gasteiger partial charge in [0.25, 0.3) is 0 Å². The Bertz CT molecular complexity index is 365. The molecule has 5 nitrogen and oxygen atoms in total. The zero-order valence-corrected chi connectivity index (χ0v) is 9.10. The standard InChI is InChI=1S/C11H15NO4/c1-15-8-3-4-10(12)9(7-8)11(14)16-6-2-5-13/h3-4,7,13H,2,5-6,12H2,1H3. The molecule has 3 N–H and O–H groups in total. The van der Waals surface area contributed by atoms with Crippen LogP contribution in [0.25, 0.3) is 0 Å². The van der Waals surface area contributed by atoms with E-state index in [9.17, 15) is 4.79 Å². The molecule has 0 aliphatic rings. The van der Waals surface area contributed by atoms with Crippen LogP contribution in [0.3, 0.4) is 0 Å². The molecule has 0 aromatic heterocycles. The number of ether oxygens (including phenoxy) is 2. The highest BCUT2D eigenvalue weighted by atomic mass is 16.5. The molecule has 1 aromatic rings. The van der Waals surface area contributed by atoms with E-state index < -0.39 is 5.97 Å². The van der Waals surface area contributed by atoms with E-state index in [1.807, 2.05) is 0 Å². The molecule has 0 fully saturated rings. The first-order valence-corrected chi connectivity index (χ1v) is 4.90. The molecule has 1 aromatic carbocycles. The summed E-state index contributed by atoms with van der Waals surface area (Å²) in [5.41, 5.74) is 6.26. The average Bonchev–Trinajstić information content (AvgIpc) is 2.30. The molecule has 0 spiro atoms. The third kappa shape index (κ3) is 3.13. The van der Waals surface area contributed by atoms with Crippen molar-refractivity contribution in [3.8, 4) is 5.75 Å². The van der Waals surface area contributed by atoms with Gasteiger partial charge < -0.3 is 20.3 Å². The summed E-state index contributed by atoms with van der Waals surface area (Å²) in [6.07, 6.45) is 0.412. The number of aliphatic hydroxyl groups excluding tert-OH is 1. The fourth-order valence-corrected chi connectivity index (χ4v) is 1.15. The lowest BCUT2D eigenvalue weighted by atomic mass is 10.2. The van der Waals surface area contributed by atoms with Gasteiger partial charge in [-0.15, -0.1) is 0 Å². The lowest BCUT2D eigenvalue weighted by molar-refractivity contribution is 0.0483. The molecule has 0 atom stereocenters. The predicted molar refractivity (Wildman–Crippen MR) is 59.4 cm³/mol. The smallest absolute Gasteiger partial charge is 0.340 e. The first-order chi connectivity index (χ1) is 7.69. The van der Waals surface area contributed by atoms with Gasteiger partial charge in [0, 0.05) is 18.7 Å². The number of nitrogen functional groups attached to an aromatic ring is 1. The number of benzene rings is 1. The Labute approximate surface area is 93.8 Å². The van der Waals surface area contributed by atoms with Gasteiger partial charge in [0.15, 0.2) is 0 Å². The minimum absolute atomic E-state index is 0.0130. The predicted octanol–water partition coefficient (Wildman–Crippen LogP) is 0.817. The van der Waals surface area contributed by atoms with Crippen molar-refractivity contribution in [3.05, 3.63) is 23.8 Å². The molecule has 88 valence electrons. The second-order valence-electron chi connectivity index (χ2n) is 3.17. The van der Waals surface area contributed by atoms with Crippen LogP contribution >= 0.6 is 0 Å². The summed E-state index contributed by atoms with van der Waals surface area (Å²) in [4.78, 5) is 11.6. The first-order valence-electron chi connectivity index (χ1n) is 4.90. The topological polar surface area (TPSA) is 81.8 Å². The van der Waals surface area contributed by atoms with Crippen molar-refractivity contribution in [2.45, 2.75) is 6.42 Å². The zero-order valence-electron chi connectivity index (χ0n) is 9.10. The third-order valence-corrected chi connectivity index (χ3v) is 2.02. The second kappa shape index (κ2) is 5.97. The van der Waals surface area contributed by atoms with Crippen molar-refractivity contribution in [1.29, 1.82) is 0 Å². The number of hydrogen-bond donors (Lipinski definition) is 2. The number of carbonyl (C=O) groups is 1. The van der Waals surface area contributed by atoms with Gasteiger partial charge in [0.1, 0.15) is 5.75 Å². The molecule has 5 heteroatoms. The van der Waals surface area contributed by atoms with Gasteiger partial charge >= 0.3 is 5.97 Å². The maximum Gasteiger partial charge on any atom is 0.340 e. The Morgan fingerprint density at radius 1 is 1.50 bits per heavy atom. The molecule has 0 bridgehead atoms. The first kappa shape index (κ1) is 12.3. The summed E-state index contributed by atoms with van der Waals surface area (Å²) < 4.78 is 9.90. The fraction of sp³-hybridized carbons (Fsp3) is 0.364. The van der Waals surface area contributed by atoms with Gasteiger partial charge in [-0.2, -0.15) is 0 Å². The van der Waals surface area contributed by atoms with Crippen LogP contribution in [0.5, 0.6) is 5.75 Å². The van der Waals surface area contributed by atoms with E-state index in [0.717, 1.165) is 0 Å². The van der Waals surface area contributed by atoms with Crippen LogP contribution in [0.4, 0.5) is 5.69 Å². The lowest BCUT2D eigenvalue weighted by Crippen LogP contribution is -2.10. The molecule has 1 rings (SSSR count). The Hall–Kier alpha value is -1.75. The summed E-state index contributed by atoms with van der Waals surface area (Å²) in [6.45, 7) is 0.160. The van der Waals surface area contributed by atoms with E-state index in [1.165, 1.54) is 13.2 Å². The summed E-state index contributed by atoms with van der Waals surface area (Å²) in [6, 6.07) is 4.78. The zero-order chi connectivity index (χ0) is 12.0. The highest BCUT2D eigenvalue weighted by molar-refractivity contribution is 5.95. The highest BCUT2D eigenvalue weighted by Crippen LogP contribution is 2.20. The minimum atomic E-state index is -0.509. The largest absolute Gasteiger partial charge is 0.497 e. The number of hydrogen-bond acceptors (Lipinski definition) is 5. The van der Waals surface area contributed by atoms with Gasteiger partial charge in [-0.05, 0) is 18.2 Å². The quantitative estimate of drug-likeness (QED) is 0.440. The molecule has 16 heavy (non-hydrogen) atoms. The van der Waals surface area contributed by atoms with Crippen molar-refractivity contribution in [3.63, 3.8) is 0 Å². The van der Waals surface area contributed by atoms with Gasteiger partial charge in [-0.25, -0.2) is 4.79 Å². The van der Waals surface area contributed by atoms with Crippen LogP contribution in [0.1, 0.15) is 16.8 Å². The van der Waals surface area contributed by atoms with E-state index in [1.54, 1.807) is 12.1 Å². The normalized spacial score (nSPS) is 9.88. The summed E-state index contributed by atoms with van der Waals surface area (Å²) in [5, 5.41) is 8.55. The van der Waals surface area contributed by atoms with Crippen molar-refractivity contribution in [2.24, 2.45) is 0 Å². The summed E-state index contributed by atoms with van der Waals surface area (Å²) >= 11 is 0. The molecular weight excluding hydrogens is 210 g/mol. The SMILES string of the molecule is COc1ccc(N)c(C(=O)OCCCO)c1. The maximum absolute atomic E-state index is 11.6. The number of rotatable bonds is 5. The Morgan fingerprint density at radius 3 is 2.88 bits per heavy atom. The van der Waals surface area contributed by atoms with Gasteiger partial charge in [-0.1, -0.05) is 0 Å². The molecular formula is C11H15NO4. The van der Waals surface area contributed by atoms with Crippen LogP contribution < -0.4 is 10.5 Å². The van der Waals surface area contributed by atoms with Crippen LogP contribution in [0, 0.1) is 0 Å². The minimum Gasteiger partial charge on any atom is -0.497 e. The number of esters is 1. The van der Waals surface area contributed by atoms with E-state index in [2.05, 4.69) is 0 Å². The van der Waals surface area contributed by atoms with E-state index in [0.29, 0.717) is 17.9 Å². The van der Waals surface area contributed by atoms with Crippen molar-refractivity contribution in [1.82, 2.24) is 0 Å². The molecule has 0 saturated carbocycles. The van der Waals surface area contributed by atoms with Crippen LogP contribution in [-0.4, -0.2) is 31.4 Å².